The van der Waals surface area contributed by atoms with E-state index in [1.807, 2.05) is 30.3 Å². The summed E-state index contributed by atoms with van der Waals surface area (Å²) in [6.45, 7) is 1.75. The third-order valence-corrected chi connectivity index (χ3v) is 5.57. The molecule has 142 valence electrons. The minimum Gasteiger partial charge on any atom is -0.493 e. The number of urea groups is 1. The lowest BCUT2D eigenvalue weighted by atomic mass is 10.0. The van der Waals surface area contributed by atoms with Crippen LogP contribution in [0.15, 0.2) is 48.5 Å². The quantitative estimate of drug-likeness (QED) is 0.599. The van der Waals surface area contributed by atoms with Gasteiger partial charge >= 0.3 is 6.03 Å². The van der Waals surface area contributed by atoms with E-state index >= 15 is 0 Å². The number of anilines is 1. The average Bonchev–Trinajstić information content (AvgIpc) is 3.11. The van der Waals surface area contributed by atoms with Gasteiger partial charge in [-0.2, -0.15) is 0 Å². The van der Waals surface area contributed by atoms with E-state index in [0.717, 1.165) is 15.0 Å². The molecule has 27 heavy (non-hydrogen) atoms. The van der Waals surface area contributed by atoms with Crippen LogP contribution in [0.3, 0.4) is 0 Å². The smallest absolute Gasteiger partial charge is 0.319 e. The fourth-order valence-corrected chi connectivity index (χ4v) is 3.85. The number of para-hydroxylation sites is 1. The Balaban J connectivity index is 1.68. The van der Waals surface area contributed by atoms with Gasteiger partial charge in [0.05, 0.1) is 26.5 Å². The molecule has 0 aliphatic carbocycles. The molecule has 1 heterocycles. The molecule has 3 rings (SSSR count). The van der Waals surface area contributed by atoms with Crippen molar-refractivity contribution in [2.24, 2.45) is 0 Å². The van der Waals surface area contributed by atoms with Crippen molar-refractivity contribution in [1.82, 2.24) is 5.32 Å². The highest BCUT2D eigenvalue weighted by atomic mass is 32.1. The molecular weight excluding hydrogens is 364 g/mol. The summed E-state index contributed by atoms with van der Waals surface area (Å²) in [5.41, 5.74) is -0.699. The van der Waals surface area contributed by atoms with Crippen LogP contribution >= 0.6 is 11.3 Å². The van der Waals surface area contributed by atoms with Crippen LogP contribution in [0, 0.1) is 0 Å². The highest BCUT2D eigenvalue weighted by Crippen LogP contribution is 2.35. The molecule has 2 aromatic carbocycles. The molecule has 3 aromatic rings. The molecule has 2 amide bonds. The predicted molar refractivity (Wildman–Crippen MR) is 108 cm³/mol. The van der Waals surface area contributed by atoms with Crippen molar-refractivity contribution >= 4 is 33.1 Å². The first-order chi connectivity index (χ1) is 12.9. The number of thiophene rings is 1. The maximum atomic E-state index is 12.3. The Hall–Kier alpha value is -2.77. The van der Waals surface area contributed by atoms with E-state index in [2.05, 4.69) is 10.6 Å². The third kappa shape index (κ3) is 4.15. The highest BCUT2D eigenvalue weighted by Gasteiger charge is 2.26. The molecule has 0 spiro atoms. The van der Waals surface area contributed by atoms with Gasteiger partial charge < -0.3 is 25.2 Å². The fourth-order valence-electron chi connectivity index (χ4n) is 2.74. The second-order valence-electron chi connectivity index (χ2n) is 6.27. The summed E-state index contributed by atoms with van der Waals surface area (Å²) < 4.78 is 11.6. The molecule has 0 bridgehead atoms. The maximum absolute atomic E-state index is 12.3. The SMILES string of the molecule is COc1cccc(NC(=O)NC[C@@](C)(O)c2cc3ccccc3s2)c1OC. The van der Waals surface area contributed by atoms with Crippen LogP contribution in [0.1, 0.15) is 11.8 Å². The van der Waals surface area contributed by atoms with Gasteiger partial charge in [-0.1, -0.05) is 24.3 Å². The van der Waals surface area contributed by atoms with Gasteiger partial charge in [0.2, 0.25) is 0 Å². The van der Waals surface area contributed by atoms with E-state index in [4.69, 9.17) is 9.47 Å². The summed E-state index contributed by atoms with van der Waals surface area (Å²) in [6.07, 6.45) is 0. The molecule has 0 saturated heterocycles. The van der Waals surface area contributed by atoms with E-state index in [1.54, 1.807) is 25.1 Å². The summed E-state index contributed by atoms with van der Waals surface area (Å²) in [5, 5.41) is 17.3. The van der Waals surface area contributed by atoms with Crippen LogP contribution in [0.25, 0.3) is 10.1 Å². The van der Waals surface area contributed by atoms with Crippen LogP contribution in [0.2, 0.25) is 0 Å². The molecule has 0 radical (unpaired) electrons. The first-order valence-electron chi connectivity index (χ1n) is 8.42. The van der Waals surface area contributed by atoms with Gasteiger partial charge in [0.1, 0.15) is 5.60 Å². The molecule has 0 aliphatic rings. The molecule has 7 heteroatoms. The number of nitrogens with one attached hydrogen (secondary N) is 2. The molecule has 0 fully saturated rings. The number of hydrogen-bond acceptors (Lipinski definition) is 5. The Morgan fingerprint density at radius 1 is 1.15 bits per heavy atom. The monoisotopic (exact) mass is 386 g/mol. The summed E-state index contributed by atoms with van der Waals surface area (Å²) in [5.74, 6) is 0.957. The first kappa shape index (κ1) is 19.0. The number of methoxy groups -OCH3 is 2. The normalized spacial score (nSPS) is 13.0. The number of hydrogen-bond donors (Lipinski definition) is 3. The summed E-state index contributed by atoms with van der Waals surface area (Å²) in [4.78, 5) is 13.1. The number of ether oxygens (including phenoxy) is 2. The molecular formula is C20H22N2O4S. The van der Waals surface area contributed by atoms with E-state index in [0.29, 0.717) is 17.2 Å². The van der Waals surface area contributed by atoms with Crippen LogP contribution in [0.4, 0.5) is 10.5 Å². The Kier molecular flexibility index (Phi) is 5.53. The average molecular weight is 386 g/mol. The second-order valence-corrected chi connectivity index (χ2v) is 7.35. The highest BCUT2D eigenvalue weighted by molar-refractivity contribution is 7.19. The van der Waals surface area contributed by atoms with E-state index in [1.165, 1.54) is 25.6 Å². The lowest BCUT2D eigenvalue weighted by Crippen LogP contribution is -2.40. The van der Waals surface area contributed by atoms with E-state index < -0.39 is 11.6 Å². The van der Waals surface area contributed by atoms with Gasteiger partial charge in [0.15, 0.2) is 11.5 Å². The van der Waals surface area contributed by atoms with Crippen molar-refractivity contribution in [2.45, 2.75) is 12.5 Å². The van der Waals surface area contributed by atoms with Crippen molar-refractivity contribution < 1.29 is 19.4 Å². The Morgan fingerprint density at radius 2 is 1.93 bits per heavy atom. The van der Waals surface area contributed by atoms with Gasteiger partial charge in [-0.15, -0.1) is 11.3 Å². The number of fused-ring (bicyclic) bond motifs is 1. The number of rotatable bonds is 6. The summed E-state index contributed by atoms with van der Waals surface area (Å²) in [6, 6.07) is 14.7. The number of carbonyl (C=O) groups excluding carboxylic acids is 1. The number of amides is 2. The van der Waals surface area contributed by atoms with Gasteiger partial charge in [-0.25, -0.2) is 4.79 Å². The van der Waals surface area contributed by atoms with Crippen molar-refractivity contribution in [2.75, 3.05) is 26.1 Å². The third-order valence-electron chi connectivity index (χ3n) is 4.20. The lowest BCUT2D eigenvalue weighted by Gasteiger charge is -2.22. The van der Waals surface area contributed by atoms with Crippen molar-refractivity contribution in [1.29, 1.82) is 0 Å². The van der Waals surface area contributed by atoms with Crippen molar-refractivity contribution in [3.8, 4) is 11.5 Å². The molecule has 1 atom stereocenters. The largest absolute Gasteiger partial charge is 0.493 e. The van der Waals surface area contributed by atoms with Crippen LogP contribution < -0.4 is 20.1 Å². The van der Waals surface area contributed by atoms with Crippen molar-refractivity contribution in [3.63, 3.8) is 0 Å². The second kappa shape index (κ2) is 7.85. The molecule has 1 aromatic heterocycles. The predicted octanol–water partition coefficient (Wildman–Crippen LogP) is 3.95. The minimum atomic E-state index is -1.18. The molecule has 0 aliphatic heterocycles. The van der Waals surface area contributed by atoms with E-state index in [9.17, 15) is 9.90 Å². The zero-order valence-electron chi connectivity index (χ0n) is 15.4. The molecule has 3 N–H and O–H groups in total. The Morgan fingerprint density at radius 3 is 2.63 bits per heavy atom. The molecule has 0 saturated carbocycles. The Labute approximate surface area is 161 Å². The lowest BCUT2D eigenvalue weighted by molar-refractivity contribution is 0.0638. The van der Waals surface area contributed by atoms with Gasteiger partial charge in [0.25, 0.3) is 0 Å². The Bertz CT molecular complexity index is 919. The summed E-state index contributed by atoms with van der Waals surface area (Å²) >= 11 is 1.51. The fraction of sp³-hybridized carbons (Fsp3) is 0.250. The number of benzene rings is 2. The van der Waals surface area contributed by atoms with Gasteiger partial charge in [-0.05, 0) is 36.6 Å². The van der Waals surface area contributed by atoms with Gasteiger partial charge in [0, 0.05) is 9.58 Å². The van der Waals surface area contributed by atoms with E-state index in [-0.39, 0.29) is 6.54 Å². The zero-order valence-corrected chi connectivity index (χ0v) is 16.2. The molecule has 0 unspecified atom stereocenters. The topological polar surface area (TPSA) is 79.8 Å². The van der Waals surface area contributed by atoms with Gasteiger partial charge in [-0.3, -0.25) is 0 Å². The van der Waals surface area contributed by atoms with Crippen LogP contribution in [-0.4, -0.2) is 31.9 Å². The zero-order chi connectivity index (χ0) is 19.4. The summed E-state index contributed by atoms with van der Waals surface area (Å²) in [7, 11) is 3.04. The van der Waals surface area contributed by atoms with Crippen molar-refractivity contribution in [3.05, 3.63) is 53.4 Å². The standard InChI is InChI=1S/C20H22N2O4S/c1-20(24,17-11-13-7-4-5-10-16(13)27-17)12-21-19(23)22-14-8-6-9-15(25-2)18(14)26-3/h4-11,24H,12H2,1-3H3,(H2,21,22,23)/t20-/m1/s1. The number of carbonyl (C=O) groups is 1. The van der Waals surface area contributed by atoms with Crippen LogP contribution in [0.5, 0.6) is 11.5 Å². The van der Waals surface area contributed by atoms with Crippen LogP contribution in [-0.2, 0) is 5.60 Å². The maximum Gasteiger partial charge on any atom is 0.319 e. The number of aliphatic hydroxyl groups is 1. The molecule has 6 nitrogen and oxygen atoms in total. The first-order valence-corrected chi connectivity index (χ1v) is 9.23. The minimum absolute atomic E-state index is 0.0674.